The summed E-state index contributed by atoms with van der Waals surface area (Å²) >= 11 is 12.8. The van der Waals surface area contributed by atoms with E-state index in [1.165, 1.54) is 12.1 Å². The molecule has 0 unspecified atom stereocenters. The Hall–Kier alpha value is -4.23. The number of nitrogens with one attached hydrogen (secondary N) is 1. The standard InChI is InChI=1S/C27H24Cl2F3N5O5/c1-37(2)21-5-4-14(11-34-21)24-35-19-10-16(33)9-15(22(19)42-24)12-41-23-17(28)6-13(7-18(23)29)8-20(25(38)40-3)36-26(39)27(30,31)32/h4-7,9-11,20H,8,12,33H2,1-3H3,(H,36,39)/t20-/m0/s1. The molecule has 2 heterocycles. The third-order valence-corrected chi connectivity index (χ3v) is 6.52. The van der Waals surface area contributed by atoms with E-state index < -0.39 is 24.1 Å². The zero-order valence-electron chi connectivity index (χ0n) is 22.4. The number of pyridine rings is 1. The molecular weight excluding hydrogens is 602 g/mol. The average molecular weight is 626 g/mol. The van der Waals surface area contributed by atoms with Gasteiger partial charge < -0.3 is 29.8 Å². The lowest BCUT2D eigenvalue weighted by Gasteiger charge is -2.18. The summed E-state index contributed by atoms with van der Waals surface area (Å²) < 4.78 is 54.6. The van der Waals surface area contributed by atoms with Crippen molar-refractivity contribution in [1.29, 1.82) is 0 Å². The summed E-state index contributed by atoms with van der Waals surface area (Å²) in [6.45, 7) is -0.0841. The number of methoxy groups -OCH3 is 1. The van der Waals surface area contributed by atoms with Crippen molar-refractivity contribution in [3.05, 3.63) is 63.8 Å². The molecule has 2 aromatic carbocycles. The number of anilines is 2. The van der Waals surface area contributed by atoms with Crippen LogP contribution in [0.5, 0.6) is 5.75 Å². The highest BCUT2D eigenvalue weighted by Crippen LogP contribution is 2.36. The fraction of sp³-hybridized carbons (Fsp3) is 0.259. The predicted octanol–water partition coefficient (Wildman–Crippen LogP) is 5.19. The quantitative estimate of drug-likeness (QED) is 0.190. The minimum absolute atomic E-state index is 0.00808. The highest BCUT2D eigenvalue weighted by Gasteiger charge is 2.41. The summed E-state index contributed by atoms with van der Waals surface area (Å²) in [6, 6.07) is 8.01. The summed E-state index contributed by atoms with van der Waals surface area (Å²) in [7, 11) is 4.73. The second-order valence-corrected chi connectivity index (χ2v) is 10.1. The Labute approximate surface area is 247 Å². The van der Waals surface area contributed by atoms with E-state index in [0.29, 0.717) is 33.8 Å². The van der Waals surface area contributed by atoms with Gasteiger partial charge in [-0.25, -0.2) is 14.8 Å². The Morgan fingerprint density at radius 1 is 1.14 bits per heavy atom. The van der Waals surface area contributed by atoms with Crippen LogP contribution in [0.15, 0.2) is 47.0 Å². The Bertz CT molecular complexity index is 1600. The number of carbonyl (C=O) groups is 2. The first-order valence-corrected chi connectivity index (χ1v) is 12.9. The predicted molar refractivity (Wildman–Crippen MR) is 150 cm³/mol. The van der Waals surface area contributed by atoms with E-state index in [2.05, 4.69) is 14.7 Å². The number of nitrogen functional groups attached to an aromatic ring is 1. The second-order valence-electron chi connectivity index (χ2n) is 9.28. The number of oxazole rings is 1. The molecule has 0 bridgehead atoms. The largest absolute Gasteiger partial charge is 0.486 e. The molecule has 2 aromatic heterocycles. The molecule has 3 N–H and O–H groups in total. The van der Waals surface area contributed by atoms with Gasteiger partial charge in [-0.05, 0) is 42.0 Å². The molecular formula is C27H24Cl2F3N5O5. The van der Waals surface area contributed by atoms with E-state index in [1.54, 1.807) is 23.6 Å². The van der Waals surface area contributed by atoms with Crippen LogP contribution in [0.2, 0.25) is 10.0 Å². The number of ether oxygens (including phenoxy) is 2. The number of hydrogen-bond acceptors (Lipinski definition) is 9. The summed E-state index contributed by atoms with van der Waals surface area (Å²) in [5, 5.41) is 1.63. The maximum atomic E-state index is 12.7. The molecule has 10 nitrogen and oxygen atoms in total. The highest BCUT2D eigenvalue weighted by atomic mass is 35.5. The van der Waals surface area contributed by atoms with Gasteiger partial charge in [0.25, 0.3) is 0 Å². The van der Waals surface area contributed by atoms with Gasteiger partial charge in [-0.15, -0.1) is 0 Å². The van der Waals surface area contributed by atoms with Crippen LogP contribution in [-0.2, 0) is 27.4 Å². The minimum atomic E-state index is -5.19. The fourth-order valence-corrected chi connectivity index (χ4v) is 4.60. The lowest BCUT2D eigenvalue weighted by Crippen LogP contribution is -2.48. The van der Waals surface area contributed by atoms with Crippen LogP contribution >= 0.6 is 23.2 Å². The zero-order chi connectivity index (χ0) is 30.8. The molecule has 0 aliphatic heterocycles. The molecule has 42 heavy (non-hydrogen) atoms. The molecule has 0 saturated carbocycles. The first kappa shape index (κ1) is 30.7. The van der Waals surface area contributed by atoms with E-state index in [1.807, 2.05) is 31.1 Å². The zero-order valence-corrected chi connectivity index (χ0v) is 23.9. The van der Waals surface area contributed by atoms with Crippen LogP contribution in [0.3, 0.4) is 0 Å². The van der Waals surface area contributed by atoms with Gasteiger partial charge in [0.15, 0.2) is 11.3 Å². The molecule has 0 aliphatic carbocycles. The van der Waals surface area contributed by atoms with Crippen molar-refractivity contribution < 1.29 is 36.7 Å². The van der Waals surface area contributed by atoms with Gasteiger partial charge in [-0.3, -0.25) is 4.79 Å². The number of halogens is 5. The van der Waals surface area contributed by atoms with Crippen LogP contribution in [0.25, 0.3) is 22.6 Å². The number of nitrogens with zero attached hydrogens (tertiary/aromatic N) is 3. The topological polar surface area (TPSA) is 133 Å². The second kappa shape index (κ2) is 12.3. The van der Waals surface area contributed by atoms with E-state index in [9.17, 15) is 22.8 Å². The molecule has 1 amide bonds. The van der Waals surface area contributed by atoms with Crippen molar-refractivity contribution in [2.75, 3.05) is 31.8 Å². The molecule has 0 aliphatic rings. The summed E-state index contributed by atoms with van der Waals surface area (Å²) in [5.41, 5.74) is 8.82. The van der Waals surface area contributed by atoms with Crippen LogP contribution in [0, 0.1) is 0 Å². The number of carbonyl (C=O) groups excluding carboxylic acids is 2. The number of esters is 1. The van der Waals surface area contributed by atoms with E-state index in [0.717, 1.165) is 12.9 Å². The molecule has 0 radical (unpaired) electrons. The molecule has 222 valence electrons. The number of amides is 1. The molecule has 15 heteroatoms. The van der Waals surface area contributed by atoms with Crippen LogP contribution in [0.1, 0.15) is 11.1 Å². The first-order valence-electron chi connectivity index (χ1n) is 12.2. The Balaban J connectivity index is 1.55. The van der Waals surface area contributed by atoms with Crippen LogP contribution in [-0.4, -0.2) is 55.3 Å². The number of aromatic nitrogens is 2. The molecule has 4 rings (SSSR count). The van der Waals surface area contributed by atoms with Crippen molar-refractivity contribution in [2.45, 2.75) is 25.2 Å². The molecule has 4 aromatic rings. The fourth-order valence-electron chi connectivity index (χ4n) is 3.96. The average Bonchev–Trinajstić information content (AvgIpc) is 3.35. The van der Waals surface area contributed by atoms with E-state index in [4.69, 9.17) is 38.1 Å². The monoisotopic (exact) mass is 625 g/mol. The smallest absolute Gasteiger partial charge is 0.471 e. The third-order valence-electron chi connectivity index (χ3n) is 5.96. The van der Waals surface area contributed by atoms with Crippen molar-refractivity contribution in [3.8, 4) is 17.2 Å². The van der Waals surface area contributed by atoms with Gasteiger partial charge in [-0.1, -0.05) is 23.2 Å². The van der Waals surface area contributed by atoms with Gasteiger partial charge in [-0.2, -0.15) is 13.2 Å². The van der Waals surface area contributed by atoms with Crippen LogP contribution < -0.4 is 20.7 Å². The Morgan fingerprint density at radius 3 is 2.40 bits per heavy atom. The molecule has 0 spiro atoms. The van der Waals surface area contributed by atoms with E-state index in [-0.39, 0.29) is 34.4 Å². The molecule has 0 saturated heterocycles. The SMILES string of the molecule is COC(=O)[C@H](Cc1cc(Cl)c(OCc2cc(N)cc3nc(-c4ccc(N(C)C)nc4)oc23)c(Cl)c1)NC(=O)C(F)(F)F. The molecule has 0 fully saturated rings. The number of fused-ring (bicyclic) bond motifs is 1. The Kier molecular flexibility index (Phi) is 9.02. The minimum Gasteiger partial charge on any atom is -0.486 e. The third kappa shape index (κ3) is 6.97. The summed E-state index contributed by atoms with van der Waals surface area (Å²) in [4.78, 5) is 34.2. The maximum Gasteiger partial charge on any atom is 0.471 e. The van der Waals surface area contributed by atoms with Crippen molar-refractivity contribution in [3.63, 3.8) is 0 Å². The highest BCUT2D eigenvalue weighted by molar-refractivity contribution is 6.37. The normalized spacial score (nSPS) is 12.2. The van der Waals surface area contributed by atoms with Crippen molar-refractivity contribution in [2.24, 2.45) is 0 Å². The van der Waals surface area contributed by atoms with E-state index >= 15 is 0 Å². The summed E-state index contributed by atoms with van der Waals surface area (Å²) in [5.74, 6) is -2.22. The number of hydrogen-bond donors (Lipinski definition) is 2. The van der Waals surface area contributed by atoms with Crippen molar-refractivity contribution >= 4 is 57.7 Å². The van der Waals surface area contributed by atoms with Crippen LogP contribution in [0.4, 0.5) is 24.7 Å². The lowest BCUT2D eigenvalue weighted by molar-refractivity contribution is -0.175. The number of rotatable bonds is 9. The number of nitrogens with two attached hydrogens (primary N) is 1. The van der Waals surface area contributed by atoms with Gasteiger partial charge in [0.1, 0.15) is 24.0 Å². The van der Waals surface area contributed by atoms with Gasteiger partial charge in [0.05, 0.1) is 22.7 Å². The van der Waals surface area contributed by atoms with Gasteiger partial charge in [0, 0.05) is 38.0 Å². The van der Waals surface area contributed by atoms with Gasteiger partial charge in [0.2, 0.25) is 5.89 Å². The lowest BCUT2D eigenvalue weighted by atomic mass is 10.1. The summed E-state index contributed by atoms with van der Waals surface area (Å²) in [6.07, 6.45) is -3.93. The van der Waals surface area contributed by atoms with Gasteiger partial charge >= 0.3 is 18.1 Å². The number of alkyl halides is 3. The number of benzene rings is 2. The molecule has 1 atom stereocenters. The van der Waals surface area contributed by atoms with Crippen molar-refractivity contribution in [1.82, 2.24) is 15.3 Å². The first-order chi connectivity index (χ1) is 19.8. The maximum absolute atomic E-state index is 12.7. The Morgan fingerprint density at radius 2 is 1.83 bits per heavy atom.